The number of rotatable bonds is 7. The number of aliphatic carboxylic acids is 1. The van der Waals surface area contributed by atoms with Gasteiger partial charge in [0.15, 0.2) is 0 Å². The van der Waals surface area contributed by atoms with Gasteiger partial charge in [0.2, 0.25) is 5.91 Å². The summed E-state index contributed by atoms with van der Waals surface area (Å²) in [5, 5.41) is 8.81. The third kappa shape index (κ3) is 3.88. The van der Waals surface area contributed by atoms with Crippen molar-refractivity contribution in [1.82, 2.24) is 9.47 Å². The summed E-state index contributed by atoms with van der Waals surface area (Å²) in [5.74, 6) is -0.842. The topological polar surface area (TPSA) is 81.0 Å². The van der Waals surface area contributed by atoms with Crippen LogP contribution in [0.3, 0.4) is 0 Å². The lowest BCUT2D eigenvalue weighted by atomic mass is 9.79. The molecule has 0 spiro atoms. The van der Waals surface area contributed by atoms with Gasteiger partial charge in [0, 0.05) is 39.0 Å². The van der Waals surface area contributed by atoms with Crippen LogP contribution in [-0.2, 0) is 25.6 Å². The van der Waals surface area contributed by atoms with Crippen LogP contribution < -0.4 is 0 Å². The summed E-state index contributed by atoms with van der Waals surface area (Å²) in [5.41, 5.74) is -0.313. The summed E-state index contributed by atoms with van der Waals surface area (Å²) in [6, 6.07) is 3.85. The number of methoxy groups -OCH3 is 1. The van der Waals surface area contributed by atoms with Crippen molar-refractivity contribution in [3.63, 3.8) is 0 Å². The van der Waals surface area contributed by atoms with Crippen molar-refractivity contribution in [2.75, 3.05) is 20.3 Å². The third-order valence-corrected chi connectivity index (χ3v) is 5.55. The number of likely N-dealkylation sites (tertiary alicyclic amines) is 1. The molecule has 0 aromatic carbocycles. The molecule has 1 saturated carbocycles. The first-order valence-corrected chi connectivity index (χ1v) is 8.83. The molecule has 2 heterocycles. The molecule has 3 rings (SSSR count). The fraction of sp³-hybridized carbons (Fsp3) is 0.667. The summed E-state index contributed by atoms with van der Waals surface area (Å²) >= 11 is 0. The predicted molar refractivity (Wildman–Crippen MR) is 90.1 cm³/mol. The highest BCUT2D eigenvalue weighted by Crippen LogP contribution is 2.43. The maximum absolute atomic E-state index is 12.7. The maximum atomic E-state index is 12.7. The Morgan fingerprint density at radius 2 is 2.04 bits per heavy atom. The molecular formula is C18H26N2O5. The van der Waals surface area contributed by atoms with Crippen LogP contribution in [0.1, 0.15) is 32.1 Å². The van der Waals surface area contributed by atoms with Gasteiger partial charge in [-0.25, -0.2) is 4.79 Å². The van der Waals surface area contributed by atoms with Crippen LogP contribution in [0.15, 0.2) is 24.5 Å². The summed E-state index contributed by atoms with van der Waals surface area (Å²) in [6.45, 7) is 1.06. The number of fused-ring (bicyclic) bond motifs is 1. The zero-order chi connectivity index (χ0) is 17.9. The Labute approximate surface area is 147 Å². The minimum Gasteiger partial charge on any atom is -0.480 e. The molecule has 0 radical (unpaired) electrons. The second-order valence-corrected chi connectivity index (χ2v) is 6.89. The highest BCUT2D eigenvalue weighted by Gasteiger charge is 2.52. The van der Waals surface area contributed by atoms with Gasteiger partial charge in [-0.05, 0) is 37.8 Å². The second-order valence-electron chi connectivity index (χ2n) is 6.89. The molecule has 1 aromatic rings. The van der Waals surface area contributed by atoms with Crippen molar-refractivity contribution >= 4 is 11.9 Å². The molecule has 138 valence electrons. The van der Waals surface area contributed by atoms with E-state index >= 15 is 0 Å². The smallest absolute Gasteiger partial charge is 0.329 e. The van der Waals surface area contributed by atoms with Gasteiger partial charge in [0.1, 0.15) is 6.61 Å². The number of ether oxygens (including phenoxy) is 2. The minimum atomic E-state index is -0.963. The molecule has 1 aliphatic heterocycles. The van der Waals surface area contributed by atoms with Crippen molar-refractivity contribution in [3.8, 4) is 0 Å². The summed E-state index contributed by atoms with van der Waals surface area (Å²) in [4.78, 5) is 25.4. The van der Waals surface area contributed by atoms with Gasteiger partial charge >= 0.3 is 5.97 Å². The molecule has 1 saturated heterocycles. The number of aryl methyl sites for hydroxylation is 1. The predicted octanol–water partition coefficient (Wildman–Crippen LogP) is 1.52. The molecule has 7 nitrogen and oxygen atoms in total. The Kier molecular flexibility index (Phi) is 5.44. The van der Waals surface area contributed by atoms with Crippen molar-refractivity contribution in [1.29, 1.82) is 0 Å². The molecular weight excluding hydrogens is 324 g/mol. The van der Waals surface area contributed by atoms with Crippen molar-refractivity contribution in [3.05, 3.63) is 24.5 Å². The molecule has 1 aliphatic carbocycles. The van der Waals surface area contributed by atoms with Gasteiger partial charge in [-0.3, -0.25) is 4.79 Å². The Morgan fingerprint density at radius 3 is 2.72 bits per heavy atom. The summed E-state index contributed by atoms with van der Waals surface area (Å²) in [6.07, 6.45) is 7.24. The molecule has 2 fully saturated rings. The van der Waals surface area contributed by atoms with Gasteiger partial charge < -0.3 is 24.0 Å². The van der Waals surface area contributed by atoms with E-state index in [1.165, 1.54) is 0 Å². The first-order valence-electron chi connectivity index (χ1n) is 8.83. The van der Waals surface area contributed by atoms with Gasteiger partial charge in [-0.15, -0.1) is 0 Å². The Morgan fingerprint density at radius 1 is 1.28 bits per heavy atom. The number of carboxylic acid groups (broad SMARTS) is 1. The van der Waals surface area contributed by atoms with Crippen LogP contribution in [0.2, 0.25) is 0 Å². The monoisotopic (exact) mass is 350 g/mol. The highest BCUT2D eigenvalue weighted by molar-refractivity contribution is 5.77. The molecule has 2 aliphatic rings. The summed E-state index contributed by atoms with van der Waals surface area (Å²) in [7, 11) is 1.71. The quantitative estimate of drug-likeness (QED) is 0.806. The van der Waals surface area contributed by atoms with Gasteiger partial charge in [0.25, 0.3) is 0 Å². The molecule has 1 N–H and O–H groups in total. The number of carbonyl (C=O) groups excluding carboxylic acids is 1. The van der Waals surface area contributed by atoms with Crippen LogP contribution >= 0.6 is 0 Å². The van der Waals surface area contributed by atoms with E-state index in [2.05, 4.69) is 0 Å². The van der Waals surface area contributed by atoms with E-state index in [1.54, 1.807) is 7.11 Å². The first kappa shape index (κ1) is 17.9. The molecule has 1 aromatic heterocycles. The van der Waals surface area contributed by atoms with Crippen molar-refractivity contribution in [2.45, 2.75) is 56.4 Å². The number of hydrogen-bond acceptors (Lipinski definition) is 4. The zero-order valence-corrected chi connectivity index (χ0v) is 14.6. The maximum Gasteiger partial charge on any atom is 0.329 e. The fourth-order valence-corrected chi connectivity index (χ4v) is 4.19. The second kappa shape index (κ2) is 7.58. The molecule has 0 unspecified atom stereocenters. The Bertz CT molecular complexity index is 603. The Hall–Kier alpha value is -1.86. The van der Waals surface area contributed by atoms with Crippen LogP contribution in [0.25, 0.3) is 0 Å². The average molecular weight is 350 g/mol. The van der Waals surface area contributed by atoms with Crippen LogP contribution in [0.4, 0.5) is 0 Å². The Balaban J connectivity index is 1.63. The minimum absolute atomic E-state index is 0.0396. The summed E-state index contributed by atoms with van der Waals surface area (Å²) < 4.78 is 13.3. The largest absolute Gasteiger partial charge is 0.480 e. The van der Waals surface area contributed by atoms with E-state index < -0.39 is 5.97 Å². The molecule has 3 atom stereocenters. The van der Waals surface area contributed by atoms with E-state index in [1.807, 2.05) is 34.0 Å². The standard InChI is InChI=1S/C18H26N2O5/c1-24-18-6-4-14(25-13-17(22)23)12-15(18)20(11-7-18)16(21)5-10-19-8-2-3-9-19/h2-3,8-9,14-15H,4-7,10-13H2,1H3,(H,22,23)/t14-,15+,18-/m1/s1. The average Bonchev–Trinajstić information content (AvgIpc) is 3.25. The SMILES string of the molecule is CO[C@@]12CC[C@@H](OCC(=O)O)C[C@@H]1N(C(=O)CCn1cccc1)CC2. The lowest BCUT2D eigenvalue weighted by Crippen LogP contribution is -2.53. The number of carbonyl (C=O) groups is 2. The van der Waals surface area contributed by atoms with E-state index in [0.29, 0.717) is 25.9 Å². The molecule has 0 bridgehead atoms. The number of hydrogen-bond donors (Lipinski definition) is 1. The molecule has 25 heavy (non-hydrogen) atoms. The van der Waals surface area contributed by atoms with E-state index in [4.69, 9.17) is 14.6 Å². The number of amides is 1. The van der Waals surface area contributed by atoms with Crippen LogP contribution in [0.5, 0.6) is 0 Å². The normalized spacial score (nSPS) is 28.8. The van der Waals surface area contributed by atoms with Crippen molar-refractivity contribution in [2.24, 2.45) is 0 Å². The van der Waals surface area contributed by atoms with Gasteiger partial charge in [0.05, 0.1) is 17.7 Å². The number of aromatic nitrogens is 1. The fourth-order valence-electron chi connectivity index (χ4n) is 4.19. The van der Waals surface area contributed by atoms with Crippen molar-refractivity contribution < 1.29 is 24.2 Å². The lowest BCUT2D eigenvalue weighted by molar-refractivity contribution is -0.152. The molecule has 7 heteroatoms. The van der Waals surface area contributed by atoms with Gasteiger partial charge in [-0.1, -0.05) is 0 Å². The molecule has 1 amide bonds. The van der Waals surface area contributed by atoms with Crippen LogP contribution in [-0.4, -0.2) is 64.5 Å². The van der Waals surface area contributed by atoms with Crippen LogP contribution in [0, 0.1) is 0 Å². The lowest BCUT2D eigenvalue weighted by Gasteiger charge is -2.43. The van der Waals surface area contributed by atoms with Gasteiger partial charge in [-0.2, -0.15) is 0 Å². The first-order chi connectivity index (χ1) is 12.0. The number of carboxylic acids is 1. The highest BCUT2D eigenvalue weighted by atomic mass is 16.5. The van der Waals surface area contributed by atoms with E-state index in [9.17, 15) is 9.59 Å². The van der Waals surface area contributed by atoms with E-state index in [0.717, 1.165) is 19.3 Å². The zero-order valence-electron chi connectivity index (χ0n) is 14.6. The van der Waals surface area contributed by atoms with E-state index in [-0.39, 0.29) is 30.3 Å². The number of nitrogens with zero attached hydrogens (tertiary/aromatic N) is 2. The third-order valence-electron chi connectivity index (χ3n) is 5.55.